The minimum absolute atomic E-state index is 0.0421. The molecule has 1 saturated carbocycles. The van der Waals surface area contributed by atoms with Crippen molar-refractivity contribution in [2.45, 2.75) is 71.8 Å². The van der Waals surface area contributed by atoms with E-state index in [1.54, 1.807) is 0 Å². The van der Waals surface area contributed by atoms with Gasteiger partial charge in [-0.25, -0.2) is 9.50 Å². The van der Waals surface area contributed by atoms with Crippen molar-refractivity contribution < 1.29 is 9.59 Å². The Kier molecular flexibility index (Phi) is 5.56. The van der Waals surface area contributed by atoms with Gasteiger partial charge in [0.15, 0.2) is 5.65 Å². The van der Waals surface area contributed by atoms with E-state index in [1.165, 1.54) is 12.8 Å². The second-order valence-corrected chi connectivity index (χ2v) is 8.45. The summed E-state index contributed by atoms with van der Waals surface area (Å²) in [5.74, 6) is 0.984. The third-order valence-electron chi connectivity index (χ3n) is 6.29. The van der Waals surface area contributed by atoms with Crippen molar-refractivity contribution in [2.24, 2.45) is 5.92 Å². The number of amides is 2. The van der Waals surface area contributed by atoms with E-state index in [1.807, 2.05) is 36.3 Å². The molecule has 1 saturated heterocycles. The van der Waals surface area contributed by atoms with Crippen molar-refractivity contribution in [1.29, 1.82) is 0 Å². The molecule has 2 fully saturated rings. The van der Waals surface area contributed by atoms with E-state index in [4.69, 9.17) is 10.1 Å². The highest BCUT2D eigenvalue weighted by Gasteiger charge is 2.31. The monoisotopic (exact) mass is 397 g/mol. The fourth-order valence-electron chi connectivity index (χ4n) is 4.35. The van der Waals surface area contributed by atoms with Crippen LogP contribution in [-0.2, 0) is 16.0 Å². The fourth-order valence-corrected chi connectivity index (χ4v) is 4.35. The molecule has 0 aromatic carbocycles. The van der Waals surface area contributed by atoms with Crippen LogP contribution < -0.4 is 5.32 Å². The van der Waals surface area contributed by atoms with Crippen molar-refractivity contribution in [3.8, 4) is 0 Å². The van der Waals surface area contributed by atoms with Crippen molar-refractivity contribution in [1.82, 2.24) is 24.8 Å². The van der Waals surface area contributed by atoms with Crippen molar-refractivity contribution in [3.63, 3.8) is 0 Å². The lowest BCUT2D eigenvalue weighted by molar-refractivity contribution is -0.131. The summed E-state index contributed by atoms with van der Waals surface area (Å²) < 4.78 is 1.88. The van der Waals surface area contributed by atoms with Crippen LogP contribution in [0.2, 0.25) is 0 Å². The zero-order valence-electron chi connectivity index (χ0n) is 17.7. The fraction of sp³-hybridized carbons (Fsp3) is 0.636. The number of carbonyl (C=O) groups is 2. The molecule has 0 radical (unpaired) electrons. The van der Waals surface area contributed by atoms with E-state index in [0.29, 0.717) is 25.2 Å². The molecule has 1 aliphatic carbocycles. The van der Waals surface area contributed by atoms with Gasteiger partial charge in [-0.15, -0.1) is 0 Å². The Bertz CT molecular complexity index is 931. The van der Waals surface area contributed by atoms with E-state index in [2.05, 4.69) is 5.32 Å². The Balaban J connectivity index is 1.53. The Morgan fingerprint density at radius 3 is 2.76 bits per heavy atom. The van der Waals surface area contributed by atoms with E-state index in [9.17, 15) is 9.59 Å². The number of aryl methyl sites for hydroxylation is 2. The zero-order chi connectivity index (χ0) is 20.5. The lowest BCUT2D eigenvalue weighted by Crippen LogP contribution is -2.30. The van der Waals surface area contributed by atoms with Crippen LogP contribution in [-0.4, -0.2) is 44.4 Å². The van der Waals surface area contributed by atoms with Crippen LogP contribution in [0.25, 0.3) is 5.65 Å². The first-order valence-electron chi connectivity index (χ1n) is 10.9. The second kappa shape index (κ2) is 8.13. The van der Waals surface area contributed by atoms with Crippen LogP contribution in [0.15, 0.2) is 6.07 Å². The second-order valence-electron chi connectivity index (χ2n) is 8.45. The first-order valence-corrected chi connectivity index (χ1v) is 10.9. The topological polar surface area (TPSA) is 79.6 Å². The van der Waals surface area contributed by atoms with Gasteiger partial charge in [0.2, 0.25) is 11.8 Å². The predicted molar refractivity (Wildman–Crippen MR) is 110 cm³/mol. The average molecular weight is 398 g/mol. The number of nitrogens with zero attached hydrogens (tertiary/aromatic N) is 4. The largest absolute Gasteiger partial charge is 0.356 e. The van der Waals surface area contributed by atoms with Crippen LogP contribution >= 0.6 is 0 Å². The maximum atomic E-state index is 12.3. The van der Waals surface area contributed by atoms with E-state index < -0.39 is 0 Å². The molecular weight excluding hydrogens is 366 g/mol. The van der Waals surface area contributed by atoms with Crippen LogP contribution in [0.3, 0.4) is 0 Å². The highest BCUT2D eigenvalue weighted by Crippen LogP contribution is 2.32. The van der Waals surface area contributed by atoms with Gasteiger partial charge in [0.05, 0.1) is 11.7 Å². The van der Waals surface area contributed by atoms with E-state index in [-0.39, 0.29) is 17.9 Å². The molecule has 1 aliphatic heterocycles. The molecule has 2 amide bonds. The maximum Gasteiger partial charge on any atom is 0.222 e. The molecule has 0 spiro atoms. The minimum Gasteiger partial charge on any atom is -0.356 e. The molecule has 1 unspecified atom stereocenters. The molecule has 4 rings (SSSR count). The number of carbonyl (C=O) groups excluding carboxylic acids is 2. The van der Waals surface area contributed by atoms with Crippen LogP contribution in [0, 0.1) is 19.8 Å². The van der Waals surface area contributed by atoms with E-state index in [0.717, 1.165) is 54.2 Å². The first kappa shape index (κ1) is 19.9. The molecule has 2 aromatic heterocycles. The van der Waals surface area contributed by atoms with Crippen molar-refractivity contribution in [2.75, 3.05) is 13.1 Å². The summed E-state index contributed by atoms with van der Waals surface area (Å²) in [5.41, 5.74) is 4.79. The zero-order valence-corrected chi connectivity index (χ0v) is 17.7. The SMILES string of the molecule is CCC(=O)N1CCCC1c1cc2nc(C)c(CCC(=O)NCC3CC3)c(C)n2n1. The molecule has 29 heavy (non-hydrogen) atoms. The van der Waals surface area contributed by atoms with Crippen molar-refractivity contribution in [3.05, 3.63) is 28.7 Å². The van der Waals surface area contributed by atoms with Crippen LogP contribution in [0.4, 0.5) is 0 Å². The number of nitrogens with one attached hydrogen (secondary N) is 1. The average Bonchev–Trinajstić information content (AvgIpc) is 3.23. The third-order valence-corrected chi connectivity index (χ3v) is 6.29. The highest BCUT2D eigenvalue weighted by molar-refractivity contribution is 5.77. The Hall–Kier alpha value is -2.44. The molecule has 1 atom stereocenters. The number of hydrogen-bond acceptors (Lipinski definition) is 4. The number of likely N-dealkylation sites (tertiary alicyclic amines) is 1. The minimum atomic E-state index is 0.0421. The number of aromatic nitrogens is 3. The molecule has 3 heterocycles. The van der Waals surface area contributed by atoms with Gasteiger partial charge in [0, 0.05) is 43.4 Å². The van der Waals surface area contributed by atoms with Crippen LogP contribution in [0.5, 0.6) is 0 Å². The molecule has 7 nitrogen and oxygen atoms in total. The summed E-state index contributed by atoms with van der Waals surface area (Å²) in [7, 11) is 0. The molecule has 2 aliphatic rings. The van der Waals surface area contributed by atoms with Gasteiger partial charge in [0.25, 0.3) is 0 Å². The van der Waals surface area contributed by atoms with Crippen LogP contribution in [0.1, 0.15) is 74.1 Å². The summed E-state index contributed by atoms with van der Waals surface area (Å²) in [4.78, 5) is 31.1. The smallest absolute Gasteiger partial charge is 0.222 e. The predicted octanol–water partition coefficient (Wildman–Crippen LogP) is 2.88. The van der Waals surface area contributed by atoms with Gasteiger partial charge in [0.1, 0.15) is 0 Å². The molecule has 7 heteroatoms. The number of fused-ring (bicyclic) bond motifs is 1. The van der Waals surface area contributed by atoms with Crippen molar-refractivity contribution >= 4 is 17.5 Å². The molecule has 1 N–H and O–H groups in total. The summed E-state index contributed by atoms with van der Waals surface area (Å²) >= 11 is 0. The van der Waals surface area contributed by atoms with E-state index >= 15 is 0 Å². The summed E-state index contributed by atoms with van der Waals surface area (Å²) in [5, 5.41) is 7.85. The Labute approximate surface area is 171 Å². The van der Waals surface area contributed by atoms with Gasteiger partial charge >= 0.3 is 0 Å². The molecule has 2 aromatic rings. The highest BCUT2D eigenvalue weighted by atomic mass is 16.2. The standard InChI is InChI=1S/C22H31N5O2/c1-4-22(29)26-11-5-6-19(26)18-12-20-24-14(2)17(15(3)27(20)25-18)9-10-21(28)23-13-16-7-8-16/h12,16,19H,4-11,13H2,1-3H3,(H,23,28). The lowest BCUT2D eigenvalue weighted by atomic mass is 10.1. The van der Waals surface area contributed by atoms with Gasteiger partial charge in [-0.05, 0) is 57.4 Å². The quantitative estimate of drug-likeness (QED) is 0.779. The first-order chi connectivity index (χ1) is 14.0. The number of hydrogen-bond donors (Lipinski definition) is 1. The summed E-state index contributed by atoms with van der Waals surface area (Å²) in [6, 6.07) is 2.05. The van der Waals surface area contributed by atoms with Gasteiger partial charge < -0.3 is 10.2 Å². The number of rotatable bonds is 7. The Morgan fingerprint density at radius 1 is 1.24 bits per heavy atom. The molecule has 156 valence electrons. The van der Waals surface area contributed by atoms with Gasteiger partial charge in [-0.1, -0.05) is 6.92 Å². The Morgan fingerprint density at radius 2 is 2.03 bits per heavy atom. The van der Waals surface area contributed by atoms with Gasteiger partial charge in [-0.3, -0.25) is 9.59 Å². The lowest BCUT2D eigenvalue weighted by Gasteiger charge is -2.22. The van der Waals surface area contributed by atoms with Gasteiger partial charge in [-0.2, -0.15) is 5.10 Å². The molecular formula is C22H31N5O2. The third kappa shape index (κ3) is 4.14. The molecule has 0 bridgehead atoms. The normalized spacial score (nSPS) is 19.1. The maximum absolute atomic E-state index is 12.3. The summed E-state index contributed by atoms with van der Waals surface area (Å²) in [6.07, 6.45) is 6.09. The summed E-state index contributed by atoms with van der Waals surface area (Å²) in [6.45, 7) is 7.56.